The van der Waals surface area contributed by atoms with Gasteiger partial charge in [0.05, 0.1) is 0 Å². The van der Waals surface area contributed by atoms with Crippen molar-refractivity contribution in [1.29, 1.82) is 0 Å². The van der Waals surface area contributed by atoms with Gasteiger partial charge >= 0.3 is 0 Å². The summed E-state index contributed by atoms with van der Waals surface area (Å²) in [5, 5.41) is 5.40. The Hall–Kier alpha value is -2.07. The molecule has 0 radical (unpaired) electrons. The molecule has 0 spiro atoms. The van der Waals surface area contributed by atoms with Gasteiger partial charge in [0.1, 0.15) is 0 Å². The highest BCUT2D eigenvalue weighted by molar-refractivity contribution is 6.09. The molecule has 0 unspecified atom stereocenters. The number of hydrogen-bond donors (Lipinski definition) is 2. The number of rotatable bonds is 7. The fourth-order valence-corrected chi connectivity index (χ4v) is 2.56. The summed E-state index contributed by atoms with van der Waals surface area (Å²) in [6.07, 6.45) is 0. The zero-order valence-corrected chi connectivity index (χ0v) is 12.7. The normalized spacial score (nSPS) is 11.0. The van der Waals surface area contributed by atoms with E-state index in [1.807, 2.05) is 30.3 Å². The Labute approximate surface area is 125 Å². The van der Waals surface area contributed by atoms with Gasteiger partial charge in [-0.05, 0) is 30.6 Å². The zero-order valence-electron chi connectivity index (χ0n) is 12.7. The van der Waals surface area contributed by atoms with Crippen LogP contribution in [-0.4, -0.2) is 37.0 Å². The molecule has 0 saturated carbocycles. The maximum absolute atomic E-state index is 11.5. The number of anilines is 1. The van der Waals surface area contributed by atoms with E-state index >= 15 is 0 Å². The smallest absolute Gasteiger partial charge is 0.249 e. The number of carbonyl (C=O) groups is 1. The summed E-state index contributed by atoms with van der Waals surface area (Å²) in [6, 6.07) is 11.6. The molecule has 0 aliphatic rings. The summed E-state index contributed by atoms with van der Waals surface area (Å²) in [4.78, 5) is 13.9. The summed E-state index contributed by atoms with van der Waals surface area (Å²) in [7, 11) is 0. The Morgan fingerprint density at radius 3 is 2.38 bits per heavy atom. The van der Waals surface area contributed by atoms with Gasteiger partial charge in [-0.3, -0.25) is 4.79 Å². The van der Waals surface area contributed by atoms with E-state index in [9.17, 15) is 4.79 Å². The topological polar surface area (TPSA) is 58.4 Å². The Kier molecular flexibility index (Phi) is 5.17. The van der Waals surface area contributed by atoms with Gasteiger partial charge in [-0.15, -0.1) is 0 Å². The first-order valence-electron chi connectivity index (χ1n) is 7.45. The molecule has 0 aliphatic heterocycles. The van der Waals surface area contributed by atoms with Crippen molar-refractivity contribution in [1.82, 2.24) is 4.90 Å². The number of primary amides is 1. The van der Waals surface area contributed by atoms with Crippen molar-refractivity contribution < 1.29 is 4.79 Å². The van der Waals surface area contributed by atoms with Gasteiger partial charge < -0.3 is 16.0 Å². The number of likely N-dealkylation sites (N-methyl/N-ethyl adjacent to an activating group) is 1. The van der Waals surface area contributed by atoms with Gasteiger partial charge in [0.2, 0.25) is 5.91 Å². The molecule has 1 amide bonds. The molecule has 4 heteroatoms. The van der Waals surface area contributed by atoms with Gasteiger partial charge in [0.15, 0.2) is 0 Å². The number of nitrogens with zero attached hydrogens (tertiary/aromatic N) is 1. The van der Waals surface area contributed by atoms with E-state index in [0.29, 0.717) is 5.56 Å². The second kappa shape index (κ2) is 7.09. The molecule has 0 saturated heterocycles. The van der Waals surface area contributed by atoms with Crippen LogP contribution in [-0.2, 0) is 0 Å². The third kappa shape index (κ3) is 3.52. The lowest BCUT2D eigenvalue weighted by molar-refractivity contribution is 0.100. The van der Waals surface area contributed by atoms with Crippen LogP contribution in [0.2, 0.25) is 0 Å². The SMILES string of the molecule is CCN(CC)CCNc1ccc(C(N)=O)c2ccccc12. The van der Waals surface area contributed by atoms with E-state index in [2.05, 4.69) is 24.1 Å². The zero-order chi connectivity index (χ0) is 15.2. The monoisotopic (exact) mass is 285 g/mol. The number of hydrogen-bond acceptors (Lipinski definition) is 3. The lowest BCUT2D eigenvalue weighted by Crippen LogP contribution is -2.28. The van der Waals surface area contributed by atoms with Gasteiger partial charge in [-0.1, -0.05) is 38.1 Å². The quantitative estimate of drug-likeness (QED) is 0.822. The third-order valence-electron chi connectivity index (χ3n) is 3.83. The molecule has 2 aromatic carbocycles. The number of carbonyl (C=O) groups excluding carboxylic acids is 1. The first-order chi connectivity index (χ1) is 10.2. The van der Waals surface area contributed by atoms with Crippen molar-refractivity contribution >= 4 is 22.4 Å². The number of benzene rings is 2. The maximum Gasteiger partial charge on any atom is 0.249 e. The molecule has 0 aromatic heterocycles. The third-order valence-corrected chi connectivity index (χ3v) is 3.83. The Bertz CT molecular complexity index is 620. The Morgan fingerprint density at radius 1 is 1.10 bits per heavy atom. The van der Waals surface area contributed by atoms with E-state index in [1.165, 1.54) is 0 Å². The van der Waals surface area contributed by atoms with E-state index in [-0.39, 0.29) is 5.91 Å². The van der Waals surface area contributed by atoms with Crippen LogP contribution in [0.25, 0.3) is 10.8 Å². The number of fused-ring (bicyclic) bond motifs is 1. The van der Waals surface area contributed by atoms with Gasteiger partial charge in [-0.25, -0.2) is 0 Å². The molecule has 2 rings (SSSR count). The molecule has 0 atom stereocenters. The summed E-state index contributed by atoms with van der Waals surface area (Å²) < 4.78 is 0. The highest BCUT2D eigenvalue weighted by atomic mass is 16.1. The van der Waals surface area contributed by atoms with Crippen molar-refractivity contribution in [3.05, 3.63) is 42.0 Å². The standard InChI is InChI=1S/C17H23N3O/c1-3-20(4-2)12-11-19-16-10-9-15(17(18)21)13-7-5-6-8-14(13)16/h5-10,19H,3-4,11-12H2,1-2H3,(H2,18,21). The van der Waals surface area contributed by atoms with E-state index < -0.39 is 0 Å². The van der Waals surface area contributed by atoms with Crippen molar-refractivity contribution in [2.24, 2.45) is 5.73 Å². The number of nitrogens with two attached hydrogens (primary N) is 1. The predicted octanol–water partition coefficient (Wildman–Crippen LogP) is 2.69. The number of amides is 1. The fourth-order valence-electron chi connectivity index (χ4n) is 2.56. The molecule has 0 aliphatic carbocycles. The van der Waals surface area contributed by atoms with Crippen LogP contribution in [0.5, 0.6) is 0 Å². The number of nitrogens with one attached hydrogen (secondary N) is 1. The second-order valence-electron chi connectivity index (χ2n) is 5.02. The van der Waals surface area contributed by atoms with Gasteiger partial charge in [-0.2, -0.15) is 0 Å². The van der Waals surface area contributed by atoms with Crippen LogP contribution in [0.4, 0.5) is 5.69 Å². The second-order valence-corrected chi connectivity index (χ2v) is 5.02. The minimum atomic E-state index is -0.388. The summed E-state index contributed by atoms with van der Waals surface area (Å²) >= 11 is 0. The minimum absolute atomic E-state index is 0.388. The fraction of sp³-hybridized carbons (Fsp3) is 0.353. The van der Waals surface area contributed by atoms with Crippen LogP contribution in [0, 0.1) is 0 Å². The molecule has 2 aromatic rings. The van der Waals surface area contributed by atoms with E-state index in [1.54, 1.807) is 6.07 Å². The Morgan fingerprint density at radius 2 is 1.76 bits per heavy atom. The molecule has 0 heterocycles. The molecule has 4 nitrogen and oxygen atoms in total. The predicted molar refractivity (Wildman–Crippen MR) is 88.7 cm³/mol. The van der Waals surface area contributed by atoms with Crippen LogP contribution in [0.1, 0.15) is 24.2 Å². The van der Waals surface area contributed by atoms with E-state index in [0.717, 1.165) is 42.6 Å². The molecule has 0 bridgehead atoms. The lowest BCUT2D eigenvalue weighted by Gasteiger charge is -2.19. The molecule has 0 fully saturated rings. The van der Waals surface area contributed by atoms with E-state index in [4.69, 9.17) is 5.73 Å². The summed E-state index contributed by atoms with van der Waals surface area (Å²) in [5.41, 5.74) is 7.05. The van der Waals surface area contributed by atoms with Crippen LogP contribution in [0.15, 0.2) is 36.4 Å². The largest absolute Gasteiger partial charge is 0.383 e. The summed E-state index contributed by atoms with van der Waals surface area (Å²) in [5.74, 6) is -0.388. The average Bonchev–Trinajstić information content (AvgIpc) is 2.51. The lowest BCUT2D eigenvalue weighted by atomic mass is 10.0. The van der Waals surface area contributed by atoms with Gasteiger partial charge in [0, 0.05) is 29.7 Å². The molecule has 21 heavy (non-hydrogen) atoms. The average molecular weight is 285 g/mol. The first kappa shape index (κ1) is 15.3. The Balaban J connectivity index is 2.21. The maximum atomic E-state index is 11.5. The minimum Gasteiger partial charge on any atom is -0.383 e. The highest BCUT2D eigenvalue weighted by Crippen LogP contribution is 2.26. The van der Waals surface area contributed by atoms with Crippen molar-refractivity contribution in [2.45, 2.75) is 13.8 Å². The van der Waals surface area contributed by atoms with Crippen molar-refractivity contribution in [3.8, 4) is 0 Å². The molecule has 112 valence electrons. The van der Waals surface area contributed by atoms with Crippen molar-refractivity contribution in [2.75, 3.05) is 31.5 Å². The van der Waals surface area contributed by atoms with Crippen molar-refractivity contribution in [3.63, 3.8) is 0 Å². The molecule has 3 N–H and O–H groups in total. The van der Waals surface area contributed by atoms with Crippen LogP contribution in [0.3, 0.4) is 0 Å². The van der Waals surface area contributed by atoms with Crippen LogP contribution < -0.4 is 11.1 Å². The molecular weight excluding hydrogens is 262 g/mol. The first-order valence-corrected chi connectivity index (χ1v) is 7.45. The molecular formula is C17H23N3O. The highest BCUT2D eigenvalue weighted by Gasteiger charge is 2.09. The van der Waals surface area contributed by atoms with Crippen LogP contribution >= 0.6 is 0 Å². The summed E-state index contributed by atoms with van der Waals surface area (Å²) in [6.45, 7) is 8.32. The van der Waals surface area contributed by atoms with Gasteiger partial charge in [0.25, 0.3) is 0 Å².